The average Bonchev–Trinajstić information content (AvgIpc) is 3.10. The van der Waals surface area contributed by atoms with E-state index in [1.54, 1.807) is 29.8 Å². The molecule has 0 amide bonds. The number of carbonyl (C=O) groups excluding carboxylic acids is 1. The highest BCUT2D eigenvalue weighted by Crippen LogP contribution is 2.48. The molecule has 0 fully saturated rings. The first-order valence-electron chi connectivity index (χ1n) is 14.4. The summed E-state index contributed by atoms with van der Waals surface area (Å²) in [6.45, 7) is 20.1. The fourth-order valence-electron chi connectivity index (χ4n) is 5.71. The molecule has 3 aromatic rings. The Labute approximate surface area is 259 Å². The number of hydrogen-bond donors (Lipinski definition) is 1. The Morgan fingerprint density at radius 1 is 0.837 bits per heavy atom. The van der Waals surface area contributed by atoms with Crippen molar-refractivity contribution in [3.05, 3.63) is 48.5 Å². The molecule has 2 unspecified atom stereocenters. The van der Waals surface area contributed by atoms with E-state index in [0.29, 0.717) is 29.8 Å². The molecule has 0 aliphatic carbocycles. The van der Waals surface area contributed by atoms with Gasteiger partial charge in [0, 0.05) is 30.5 Å². The number of aromatic nitrogens is 1. The van der Waals surface area contributed by atoms with E-state index < -0.39 is 22.3 Å². The van der Waals surface area contributed by atoms with Crippen LogP contribution in [0.1, 0.15) is 82.1 Å². The van der Waals surface area contributed by atoms with Gasteiger partial charge in [-0.2, -0.15) is 0 Å². The average molecular weight is 622 g/mol. The van der Waals surface area contributed by atoms with E-state index in [2.05, 4.69) is 46.3 Å². The highest BCUT2D eigenvalue weighted by Gasteiger charge is 2.49. The largest absolute Gasteiger partial charge is 0.573 e. The highest BCUT2D eigenvalue weighted by atomic mass is 32.1. The van der Waals surface area contributed by atoms with Crippen molar-refractivity contribution < 1.29 is 32.2 Å². The molecule has 3 rings (SSSR count). The van der Waals surface area contributed by atoms with E-state index >= 15 is 0 Å². The molecule has 1 heterocycles. The van der Waals surface area contributed by atoms with Gasteiger partial charge >= 0.3 is 12.3 Å². The third-order valence-corrected chi connectivity index (χ3v) is 8.11. The number of ether oxygens (including phenoxy) is 3. The number of hydrogen-bond acceptors (Lipinski definition) is 5. The van der Waals surface area contributed by atoms with Gasteiger partial charge < -0.3 is 18.8 Å². The van der Waals surface area contributed by atoms with Gasteiger partial charge in [0.15, 0.2) is 4.93 Å². The lowest BCUT2D eigenvalue weighted by atomic mass is 9.61. The molecule has 0 radical (unpaired) electrons. The smallest absolute Gasteiger partial charge is 0.477 e. The van der Waals surface area contributed by atoms with Gasteiger partial charge in [-0.3, -0.25) is 4.79 Å². The minimum atomic E-state index is -4.81. The van der Waals surface area contributed by atoms with Crippen LogP contribution in [-0.2, 0) is 16.6 Å². The molecule has 5 nitrogen and oxygen atoms in total. The van der Waals surface area contributed by atoms with Crippen LogP contribution >= 0.6 is 12.6 Å². The SMILES string of the molecule is Cn1c(-c2ccccc2OC(F)(F)F)cc2ccc(OC(C)(S)CC(C)(C)OC(=O)C(C)(CC(C)(C)C)C(C)(C)C)cc21. The number of benzene rings is 2. The van der Waals surface area contributed by atoms with Crippen molar-refractivity contribution >= 4 is 29.5 Å². The monoisotopic (exact) mass is 621 g/mol. The lowest BCUT2D eigenvalue weighted by Crippen LogP contribution is -2.48. The van der Waals surface area contributed by atoms with Crippen LogP contribution in [0.2, 0.25) is 0 Å². The third-order valence-electron chi connectivity index (χ3n) is 7.86. The summed E-state index contributed by atoms with van der Waals surface area (Å²) in [5.41, 5.74) is -0.361. The summed E-state index contributed by atoms with van der Waals surface area (Å²) < 4.78 is 57.7. The number of alkyl halides is 3. The van der Waals surface area contributed by atoms with Crippen LogP contribution in [0.5, 0.6) is 11.5 Å². The molecule has 1 aromatic heterocycles. The van der Waals surface area contributed by atoms with Gasteiger partial charge in [-0.25, -0.2) is 0 Å². The van der Waals surface area contributed by atoms with Crippen molar-refractivity contribution in [2.45, 2.75) is 99.0 Å². The van der Waals surface area contributed by atoms with Crippen LogP contribution in [0.3, 0.4) is 0 Å². The molecule has 0 spiro atoms. The van der Waals surface area contributed by atoms with Crippen molar-refractivity contribution in [2.75, 3.05) is 0 Å². The number of nitrogens with zero attached hydrogens (tertiary/aromatic N) is 1. The van der Waals surface area contributed by atoms with Gasteiger partial charge in [0.1, 0.15) is 17.1 Å². The molecule has 0 aliphatic heterocycles. The van der Waals surface area contributed by atoms with E-state index in [1.807, 2.05) is 45.9 Å². The van der Waals surface area contributed by atoms with Gasteiger partial charge in [0.2, 0.25) is 0 Å². The fraction of sp³-hybridized carbons (Fsp3) is 0.559. The van der Waals surface area contributed by atoms with Crippen LogP contribution in [0.15, 0.2) is 48.5 Å². The summed E-state index contributed by atoms with van der Waals surface area (Å²) in [6, 6.07) is 13.3. The Morgan fingerprint density at radius 3 is 2.00 bits per heavy atom. The van der Waals surface area contributed by atoms with E-state index in [-0.39, 0.29) is 22.5 Å². The summed E-state index contributed by atoms with van der Waals surface area (Å²) in [6.07, 6.45) is -3.85. The number of para-hydroxylation sites is 1. The fourth-order valence-corrected chi connectivity index (χ4v) is 6.19. The first-order valence-corrected chi connectivity index (χ1v) is 14.9. The normalized spacial score (nSPS) is 16.0. The van der Waals surface area contributed by atoms with Crippen molar-refractivity contribution in [3.8, 4) is 22.8 Å². The Morgan fingerprint density at radius 2 is 1.44 bits per heavy atom. The summed E-state index contributed by atoms with van der Waals surface area (Å²) >= 11 is 4.80. The van der Waals surface area contributed by atoms with Crippen LogP contribution < -0.4 is 9.47 Å². The number of rotatable bonds is 9. The van der Waals surface area contributed by atoms with Gasteiger partial charge in [0.25, 0.3) is 0 Å². The van der Waals surface area contributed by atoms with E-state index in [9.17, 15) is 18.0 Å². The van der Waals surface area contributed by atoms with Crippen molar-refractivity contribution in [1.29, 1.82) is 0 Å². The zero-order valence-electron chi connectivity index (χ0n) is 27.2. The molecule has 0 saturated carbocycles. The number of fused-ring (bicyclic) bond motifs is 1. The minimum Gasteiger partial charge on any atom is -0.477 e. The Hall–Kier alpha value is -2.81. The van der Waals surface area contributed by atoms with Crippen molar-refractivity contribution in [3.63, 3.8) is 0 Å². The molecular weight excluding hydrogens is 575 g/mol. The van der Waals surface area contributed by atoms with Gasteiger partial charge in [0.05, 0.1) is 16.6 Å². The lowest BCUT2D eigenvalue weighted by molar-refractivity contribution is -0.274. The molecule has 0 N–H and O–H groups in total. The minimum absolute atomic E-state index is 0.0742. The topological polar surface area (TPSA) is 49.7 Å². The second kappa shape index (κ2) is 11.6. The highest BCUT2D eigenvalue weighted by molar-refractivity contribution is 7.81. The van der Waals surface area contributed by atoms with Gasteiger partial charge in [-0.05, 0) is 75.3 Å². The first-order chi connectivity index (χ1) is 19.3. The van der Waals surface area contributed by atoms with Crippen LogP contribution in [0.4, 0.5) is 13.2 Å². The maximum absolute atomic E-state index is 13.7. The molecule has 43 heavy (non-hydrogen) atoms. The summed E-state index contributed by atoms with van der Waals surface area (Å²) in [7, 11) is 1.78. The second-order valence-corrected chi connectivity index (χ2v) is 15.7. The molecular formula is C34H46F3NO4S. The zero-order chi connectivity index (χ0) is 32.8. The maximum Gasteiger partial charge on any atom is 0.573 e. The van der Waals surface area contributed by atoms with Crippen LogP contribution in [0, 0.1) is 16.2 Å². The zero-order valence-corrected chi connectivity index (χ0v) is 28.1. The molecule has 0 bridgehead atoms. The first kappa shape index (κ1) is 34.7. The summed E-state index contributed by atoms with van der Waals surface area (Å²) in [4.78, 5) is 12.7. The lowest BCUT2D eigenvalue weighted by Gasteiger charge is -2.45. The van der Waals surface area contributed by atoms with Crippen molar-refractivity contribution in [1.82, 2.24) is 4.57 Å². The Kier molecular flexibility index (Phi) is 9.36. The molecule has 9 heteroatoms. The standard InChI is InChI=1S/C34H46F3NO4S/c1-29(2,3)20-32(9,30(4,5)6)28(39)42-31(7,8)21-33(10,43)40-23-17-16-22-18-26(38(11)25(22)19-23)24-14-12-13-15-27(24)41-34(35,36)37/h12-19,43H,20-21H2,1-11H3. The predicted octanol–water partition coefficient (Wildman–Crippen LogP) is 9.97. The van der Waals surface area contributed by atoms with Crippen molar-refractivity contribution in [2.24, 2.45) is 23.3 Å². The predicted molar refractivity (Wildman–Crippen MR) is 169 cm³/mol. The third kappa shape index (κ3) is 8.64. The number of halogens is 3. The number of esters is 1. The van der Waals surface area contributed by atoms with Gasteiger partial charge in [-0.15, -0.1) is 25.8 Å². The molecule has 2 atom stereocenters. The number of thiol groups is 1. The quantitative estimate of drug-likeness (QED) is 0.147. The molecule has 0 aliphatic rings. The molecule has 238 valence electrons. The van der Waals surface area contributed by atoms with Gasteiger partial charge in [-0.1, -0.05) is 53.7 Å². The van der Waals surface area contributed by atoms with E-state index in [4.69, 9.17) is 22.1 Å². The van der Waals surface area contributed by atoms with Crippen LogP contribution in [0.25, 0.3) is 22.2 Å². The number of carbonyl (C=O) groups is 1. The van der Waals surface area contributed by atoms with Crippen LogP contribution in [-0.4, -0.2) is 27.4 Å². The Balaban J connectivity index is 1.84. The maximum atomic E-state index is 13.7. The van der Waals surface area contributed by atoms with E-state index in [1.165, 1.54) is 12.1 Å². The molecule has 2 aromatic carbocycles. The summed E-state index contributed by atoms with van der Waals surface area (Å²) in [5, 5.41) is 0.821. The summed E-state index contributed by atoms with van der Waals surface area (Å²) in [5.74, 6) is -0.00859. The Bertz CT molecular complexity index is 1460. The number of aryl methyl sites for hydroxylation is 1. The second-order valence-electron chi connectivity index (χ2n) is 14.8. The molecule has 0 saturated heterocycles. The van der Waals surface area contributed by atoms with E-state index in [0.717, 1.165) is 10.9 Å².